The van der Waals surface area contributed by atoms with Gasteiger partial charge in [-0.15, -0.1) is 0 Å². The third kappa shape index (κ3) is 1.81. The van der Waals surface area contributed by atoms with Gasteiger partial charge in [0.15, 0.2) is 0 Å². The molecular formula is C14H15FO. The van der Waals surface area contributed by atoms with E-state index in [0.29, 0.717) is 5.39 Å². The number of aliphatic hydroxyl groups is 1. The number of rotatable bonds is 2. The van der Waals surface area contributed by atoms with Gasteiger partial charge < -0.3 is 5.11 Å². The molecule has 0 saturated carbocycles. The molecule has 2 heteroatoms. The third-order valence-corrected chi connectivity index (χ3v) is 3.00. The molecule has 2 aromatic rings. The predicted octanol–water partition coefficient (Wildman–Crippen LogP) is 3.25. The lowest BCUT2D eigenvalue weighted by Gasteiger charge is -2.22. The van der Waals surface area contributed by atoms with Crippen LogP contribution in [0.1, 0.15) is 19.4 Å². The molecular weight excluding hydrogens is 203 g/mol. The quantitative estimate of drug-likeness (QED) is 0.820. The fraction of sp³-hybridized carbons (Fsp3) is 0.286. The summed E-state index contributed by atoms with van der Waals surface area (Å²) in [4.78, 5) is 0. The lowest BCUT2D eigenvalue weighted by atomic mass is 9.84. The van der Waals surface area contributed by atoms with Crippen molar-refractivity contribution in [3.8, 4) is 0 Å². The summed E-state index contributed by atoms with van der Waals surface area (Å²) in [6.45, 7) is 4.01. The van der Waals surface area contributed by atoms with Gasteiger partial charge in [0.1, 0.15) is 5.82 Å². The molecule has 1 nitrogen and oxygen atoms in total. The van der Waals surface area contributed by atoms with E-state index in [0.717, 1.165) is 10.9 Å². The Morgan fingerprint density at radius 3 is 2.62 bits per heavy atom. The Balaban J connectivity index is 2.61. The van der Waals surface area contributed by atoms with E-state index in [1.54, 1.807) is 12.1 Å². The summed E-state index contributed by atoms with van der Waals surface area (Å²) in [5, 5.41) is 10.8. The molecule has 0 radical (unpaired) electrons. The number of benzene rings is 2. The monoisotopic (exact) mass is 218 g/mol. The number of aliphatic hydroxyl groups excluding tert-OH is 1. The van der Waals surface area contributed by atoms with Crippen molar-refractivity contribution < 1.29 is 9.50 Å². The molecule has 1 N–H and O–H groups in total. The van der Waals surface area contributed by atoms with Crippen LogP contribution in [0.25, 0.3) is 10.8 Å². The average Bonchev–Trinajstić information content (AvgIpc) is 2.29. The highest BCUT2D eigenvalue weighted by Gasteiger charge is 2.19. The number of fused-ring (bicyclic) bond motifs is 1. The van der Waals surface area contributed by atoms with Crippen LogP contribution in [0, 0.1) is 5.82 Å². The van der Waals surface area contributed by atoms with Crippen molar-refractivity contribution in [2.75, 3.05) is 6.61 Å². The SMILES string of the molecule is CC(C)(CO)c1ccc2c(F)cccc2c1. The lowest BCUT2D eigenvalue weighted by molar-refractivity contribution is 0.218. The van der Waals surface area contributed by atoms with E-state index in [2.05, 4.69) is 0 Å². The summed E-state index contributed by atoms with van der Waals surface area (Å²) in [5.74, 6) is -0.203. The molecule has 0 aliphatic rings. The summed E-state index contributed by atoms with van der Waals surface area (Å²) in [5.41, 5.74) is 0.730. The smallest absolute Gasteiger partial charge is 0.131 e. The van der Waals surface area contributed by atoms with Gasteiger partial charge in [0.25, 0.3) is 0 Å². The van der Waals surface area contributed by atoms with Crippen molar-refractivity contribution >= 4 is 10.8 Å². The molecule has 0 atom stereocenters. The zero-order valence-corrected chi connectivity index (χ0v) is 9.50. The molecule has 0 fully saturated rings. The van der Waals surface area contributed by atoms with Crippen LogP contribution in [-0.2, 0) is 5.41 Å². The first-order chi connectivity index (χ1) is 7.54. The minimum atomic E-state index is -0.291. The van der Waals surface area contributed by atoms with E-state index in [-0.39, 0.29) is 17.8 Å². The van der Waals surface area contributed by atoms with Gasteiger partial charge in [-0.1, -0.05) is 44.2 Å². The molecule has 0 amide bonds. The second kappa shape index (κ2) is 3.87. The molecule has 0 unspecified atom stereocenters. The van der Waals surface area contributed by atoms with Crippen molar-refractivity contribution in [3.05, 3.63) is 47.8 Å². The normalized spacial score (nSPS) is 12.0. The number of hydrogen-bond donors (Lipinski definition) is 1. The van der Waals surface area contributed by atoms with Crippen molar-refractivity contribution in [1.29, 1.82) is 0 Å². The van der Waals surface area contributed by atoms with Crippen molar-refractivity contribution in [2.45, 2.75) is 19.3 Å². The van der Waals surface area contributed by atoms with Gasteiger partial charge in [-0.3, -0.25) is 0 Å². The van der Waals surface area contributed by atoms with Gasteiger partial charge in [-0.2, -0.15) is 0 Å². The molecule has 0 saturated heterocycles. The Morgan fingerprint density at radius 2 is 1.94 bits per heavy atom. The van der Waals surface area contributed by atoms with Crippen LogP contribution in [-0.4, -0.2) is 11.7 Å². The third-order valence-electron chi connectivity index (χ3n) is 3.00. The van der Waals surface area contributed by atoms with Crippen LogP contribution in [0.5, 0.6) is 0 Å². The van der Waals surface area contributed by atoms with E-state index >= 15 is 0 Å². The average molecular weight is 218 g/mol. The first-order valence-corrected chi connectivity index (χ1v) is 5.34. The highest BCUT2D eigenvalue weighted by atomic mass is 19.1. The summed E-state index contributed by atoms with van der Waals surface area (Å²) >= 11 is 0. The van der Waals surface area contributed by atoms with Gasteiger partial charge in [-0.05, 0) is 17.0 Å². The molecule has 0 aliphatic heterocycles. The second-order valence-corrected chi connectivity index (χ2v) is 4.72. The van der Waals surface area contributed by atoms with Crippen LogP contribution in [0.4, 0.5) is 4.39 Å². The highest BCUT2D eigenvalue weighted by molar-refractivity contribution is 5.83. The molecule has 0 bridgehead atoms. The Labute approximate surface area is 94.5 Å². The van der Waals surface area contributed by atoms with Crippen LogP contribution >= 0.6 is 0 Å². The summed E-state index contributed by atoms with van der Waals surface area (Å²) in [6, 6.07) is 10.6. The van der Waals surface area contributed by atoms with E-state index in [1.165, 1.54) is 6.07 Å². The number of halogens is 1. The topological polar surface area (TPSA) is 20.2 Å². The van der Waals surface area contributed by atoms with E-state index in [9.17, 15) is 9.50 Å². The van der Waals surface area contributed by atoms with Gasteiger partial charge in [0.05, 0.1) is 6.61 Å². The summed E-state index contributed by atoms with van der Waals surface area (Å²) < 4.78 is 13.4. The maximum absolute atomic E-state index is 13.4. The van der Waals surface area contributed by atoms with Crippen molar-refractivity contribution in [2.24, 2.45) is 0 Å². The predicted molar refractivity (Wildman–Crippen MR) is 64.0 cm³/mol. The first kappa shape index (κ1) is 11.1. The molecule has 0 spiro atoms. The van der Waals surface area contributed by atoms with Crippen molar-refractivity contribution in [3.63, 3.8) is 0 Å². The minimum absolute atomic E-state index is 0.0772. The summed E-state index contributed by atoms with van der Waals surface area (Å²) in [6.07, 6.45) is 0. The lowest BCUT2D eigenvalue weighted by Crippen LogP contribution is -2.21. The fourth-order valence-electron chi connectivity index (χ4n) is 1.76. The Bertz CT molecular complexity index is 517. The minimum Gasteiger partial charge on any atom is -0.395 e. The van der Waals surface area contributed by atoms with Gasteiger partial charge >= 0.3 is 0 Å². The molecule has 0 heterocycles. The summed E-state index contributed by atoms with van der Waals surface area (Å²) in [7, 11) is 0. The zero-order chi connectivity index (χ0) is 11.8. The molecule has 0 aliphatic carbocycles. The van der Waals surface area contributed by atoms with Crippen LogP contribution < -0.4 is 0 Å². The Hall–Kier alpha value is -1.41. The number of hydrogen-bond acceptors (Lipinski definition) is 1. The van der Waals surface area contributed by atoms with Crippen LogP contribution in [0.15, 0.2) is 36.4 Å². The van der Waals surface area contributed by atoms with Gasteiger partial charge in [0, 0.05) is 10.8 Å². The largest absolute Gasteiger partial charge is 0.395 e. The van der Waals surface area contributed by atoms with E-state index in [4.69, 9.17) is 0 Å². The van der Waals surface area contributed by atoms with E-state index in [1.807, 2.05) is 32.0 Å². The maximum Gasteiger partial charge on any atom is 0.131 e. The molecule has 84 valence electrons. The van der Waals surface area contributed by atoms with Crippen LogP contribution in [0.2, 0.25) is 0 Å². The van der Waals surface area contributed by atoms with Crippen LogP contribution in [0.3, 0.4) is 0 Å². The van der Waals surface area contributed by atoms with E-state index < -0.39 is 0 Å². The Kier molecular flexibility index (Phi) is 2.68. The van der Waals surface area contributed by atoms with Gasteiger partial charge in [-0.25, -0.2) is 4.39 Å². The fourth-order valence-corrected chi connectivity index (χ4v) is 1.76. The molecule has 2 aromatic carbocycles. The molecule has 16 heavy (non-hydrogen) atoms. The Morgan fingerprint density at radius 1 is 1.19 bits per heavy atom. The first-order valence-electron chi connectivity index (χ1n) is 5.34. The molecule has 0 aromatic heterocycles. The van der Waals surface area contributed by atoms with Crippen molar-refractivity contribution in [1.82, 2.24) is 0 Å². The maximum atomic E-state index is 13.4. The standard InChI is InChI=1S/C14H15FO/c1-14(2,9-16)11-6-7-12-10(8-11)4-3-5-13(12)15/h3-8,16H,9H2,1-2H3. The highest BCUT2D eigenvalue weighted by Crippen LogP contribution is 2.27. The molecule has 2 rings (SSSR count). The zero-order valence-electron chi connectivity index (χ0n) is 9.50. The second-order valence-electron chi connectivity index (χ2n) is 4.72. The van der Waals surface area contributed by atoms with Gasteiger partial charge in [0.2, 0.25) is 0 Å².